The van der Waals surface area contributed by atoms with Gasteiger partial charge in [0.15, 0.2) is 16.4 Å². The van der Waals surface area contributed by atoms with Crippen LogP contribution in [0.3, 0.4) is 0 Å². The van der Waals surface area contributed by atoms with Crippen LogP contribution in [0.5, 0.6) is 17.2 Å². The maximum absolute atomic E-state index is 13.2. The van der Waals surface area contributed by atoms with Gasteiger partial charge in [0.25, 0.3) is 15.9 Å². The minimum absolute atomic E-state index is 0.0202. The van der Waals surface area contributed by atoms with Crippen LogP contribution in [0.15, 0.2) is 41.3 Å². The van der Waals surface area contributed by atoms with Gasteiger partial charge in [0.2, 0.25) is 0 Å². The maximum atomic E-state index is 13.2. The number of hydrogen-bond acceptors (Lipinski definition) is 6. The van der Waals surface area contributed by atoms with Crippen molar-refractivity contribution >= 4 is 32.9 Å². The number of amides is 1. The predicted octanol–water partition coefficient (Wildman–Crippen LogP) is 3.64. The molecule has 0 spiro atoms. The topological polar surface area (TPSA) is 94.2 Å². The molecule has 0 atom stereocenters. The van der Waals surface area contributed by atoms with Gasteiger partial charge < -0.3 is 19.5 Å². The number of hydrogen-bond donors (Lipinski definition) is 1. The molecule has 0 saturated heterocycles. The molecule has 1 N–H and O–H groups in total. The zero-order chi connectivity index (χ0) is 22.9. The van der Waals surface area contributed by atoms with Crippen LogP contribution in [0.25, 0.3) is 5.57 Å². The fourth-order valence-corrected chi connectivity index (χ4v) is 4.84. The van der Waals surface area contributed by atoms with Crippen molar-refractivity contribution in [3.63, 3.8) is 0 Å². The van der Waals surface area contributed by atoms with Gasteiger partial charge in [-0.25, -0.2) is 8.42 Å². The Bertz CT molecular complexity index is 1140. The molecule has 1 aliphatic rings. The number of carbonyl (C=O) groups excluding carboxylic acids is 1. The van der Waals surface area contributed by atoms with Crippen LogP contribution < -0.4 is 23.8 Å². The average molecular weight is 447 g/mol. The van der Waals surface area contributed by atoms with E-state index in [-0.39, 0.29) is 11.0 Å². The predicted molar refractivity (Wildman–Crippen MR) is 120 cm³/mol. The third-order valence-electron chi connectivity index (χ3n) is 4.89. The second-order valence-corrected chi connectivity index (χ2v) is 9.20. The van der Waals surface area contributed by atoms with E-state index in [0.29, 0.717) is 39.8 Å². The van der Waals surface area contributed by atoms with Crippen molar-refractivity contribution in [2.45, 2.75) is 26.9 Å². The molecular weight excluding hydrogens is 420 g/mol. The van der Waals surface area contributed by atoms with E-state index in [4.69, 9.17) is 14.2 Å². The van der Waals surface area contributed by atoms with Gasteiger partial charge in [-0.05, 0) is 56.7 Å². The molecule has 0 unspecified atom stereocenters. The fraction of sp³-hybridized carbons (Fsp3) is 0.318. The second-order valence-electron chi connectivity index (χ2n) is 7.30. The Balaban J connectivity index is 2.02. The second kappa shape index (κ2) is 8.50. The molecule has 0 aromatic heterocycles. The first-order valence-corrected chi connectivity index (χ1v) is 11.1. The van der Waals surface area contributed by atoms with Crippen LogP contribution in [-0.2, 0) is 14.8 Å². The average Bonchev–Trinajstić information content (AvgIpc) is 2.72. The van der Waals surface area contributed by atoms with Gasteiger partial charge in [0.1, 0.15) is 5.75 Å². The number of carbonyl (C=O) groups is 1. The van der Waals surface area contributed by atoms with Crippen LogP contribution in [0, 0.1) is 0 Å². The van der Waals surface area contributed by atoms with Crippen molar-refractivity contribution < 1.29 is 27.4 Å². The Hall–Kier alpha value is -3.20. The lowest BCUT2D eigenvalue weighted by Crippen LogP contribution is -2.36. The first kappa shape index (κ1) is 22.5. The van der Waals surface area contributed by atoms with Crippen molar-refractivity contribution in [1.82, 2.24) is 0 Å². The molecule has 1 amide bonds. The summed E-state index contributed by atoms with van der Waals surface area (Å²) in [5.41, 5.74) is 1.76. The highest BCUT2D eigenvalue weighted by molar-refractivity contribution is 7.97. The maximum Gasteiger partial charge on any atom is 0.269 e. The van der Waals surface area contributed by atoms with Crippen LogP contribution >= 0.6 is 0 Å². The minimum atomic E-state index is -4.07. The van der Waals surface area contributed by atoms with Gasteiger partial charge >= 0.3 is 0 Å². The van der Waals surface area contributed by atoms with E-state index in [1.165, 1.54) is 21.3 Å². The number of sulfonamides is 1. The van der Waals surface area contributed by atoms with Gasteiger partial charge in [-0.1, -0.05) is 0 Å². The molecule has 0 bridgehead atoms. The van der Waals surface area contributed by atoms with E-state index in [2.05, 4.69) is 5.32 Å². The zero-order valence-electron chi connectivity index (χ0n) is 18.3. The van der Waals surface area contributed by atoms with E-state index >= 15 is 0 Å². The molecule has 0 radical (unpaired) electrons. The Morgan fingerprint density at radius 2 is 1.61 bits per heavy atom. The summed E-state index contributed by atoms with van der Waals surface area (Å²) in [6, 6.07) is 9.99. The van der Waals surface area contributed by atoms with Gasteiger partial charge in [0.05, 0.1) is 26.0 Å². The summed E-state index contributed by atoms with van der Waals surface area (Å²) >= 11 is 0. The normalized spacial score (nSPS) is 14.9. The number of anilines is 2. The number of fused-ring (bicyclic) bond motifs is 1. The lowest BCUT2D eigenvalue weighted by atomic mass is 10.0. The third kappa shape index (κ3) is 4.18. The first-order chi connectivity index (χ1) is 14.6. The number of benzene rings is 2. The number of nitrogens with one attached hydrogen (secondary N) is 1. The minimum Gasteiger partial charge on any atom is -0.493 e. The molecule has 166 valence electrons. The molecule has 1 aliphatic heterocycles. The van der Waals surface area contributed by atoms with Crippen molar-refractivity contribution in [2.75, 3.05) is 30.9 Å². The lowest BCUT2D eigenvalue weighted by molar-refractivity contribution is -0.112. The molecule has 0 aliphatic carbocycles. The summed E-state index contributed by atoms with van der Waals surface area (Å²) in [5, 5.41) is 2.67. The molecule has 0 saturated carbocycles. The highest BCUT2D eigenvalue weighted by Crippen LogP contribution is 2.44. The molecule has 2 aromatic carbocycles. The quantitative estimate of drug-likeness (QED) is 0.728. The van der Waals surface area contributed by atoms with Gasteiger partial charge in [-0.3, -0.25) is 9.10 Å². The van der Waals surface area contributed by atoms with Crippen LogP contribution in [0.4, 0.5) is 11.4 Å². The van der Waals surface area contributed by atoms with Crippen molar-refractivity contribution in [2.24, 2.45) is 0 Å². The van der Waals surface area contributed by atoms with E-state index in [1.54, 1.807) is 43.3 Å². The summed E-state index contributed by atoms with van der Waals surface area (Å²) in [5.74, 6) is 0.771. The van der Waals surface area contributed by atoms with Crippen LogP contribution in [-0.4, -0.2) is 41.7 Å². The number of rotatable bonds is 6. The SMILES string of the molecule is COc1cc2c(cc1OC)N(C)S(=O)(=O)C(C(=O)Nc1ccc(OC(C)C)cc1)=C2C. The number of allylic oxidation sites excluding steroid dienone is 1. The Morgan fingerprint density at radius 3 is 2.16 bits per heavy atom. The van der Waals surface area contributed by atoms with Crippen molar-refractivity contribution in [3.8, 4) is 17.2 Å². The summed E-state index contributed by atoms with van der Waals surface area (Å²) in [6.07, 6.45) is 0.0202. The molecular formula is C22H26N2O6S. The van der Waals surface area contributed by atoms with E-state index in [9.17, 15) is 13.2 Å². The number of ether oxygens (including phenoxy) is 3. The van der Waals surface area contributed by atoms with E-state index < -0.39 is 15.9 Å². The third-order valence-corrected chi connectivity index (χ3v) is 6.82. The first-order valence-electron chi connectivity index (χ1n) is 9.64. The molecule has 0 fully saturated rings. The standard InChI is InChI=1S/C22H26N2O6S/c1-13(2)30-16-9-7-15(8-10-16)23-22(25)21-14(3)17-11-19(28-5)20(29-6)12-18(17)24(4)31(21,26)27/h7-13H,1-6H3,(H,23,25). The van der Waals surface area contributed by atoms with Crippen molar-refractivity contribution in [1.29, 1.82) is 0 Å². The summed E-state index contributed by atoms with van der Waals surface area (Å²) in [4.78, 5) is 12.7. The Morgan fingerprint density at radius 1 is 1.03 bits per heavy atom. The molecule has 3 rings (SSSR count). The smallest absolute Gasteiger partial charge is 0.269 e. The molecule has 1 heterocycles. The van der Waals surface area contributed by atoms with Crippen LogP contribution in [0.2, 0.25) is 0 Å². The zero-order valence-corrected chi connectivity index (χ0v) is 19.2. The van der Waals surface area contributed by atoms with E-state index in [0.717, 1.165) is 4.31 Å². The Kier molecular flexibility index (Phi) is 6.17. The highest BCUT2D eigenvalue weighted by Gasteiger charge is 2.38. The summed E-state index contributed by atoms with van der Waals surface area (Å²) in [6.45, 7) is 5.43. The van der Waals surface area contributed by atoms with Gasteiger partial charge in [-0.15, -0.1) is 0 Å². The monoisotopic (exact) mass is 446 g/mol. The largest absolute Gasteiger partial charge is 0.493 e. The lowest BCUT2D eigenvalue weighted by Gasteiger charge is -2.30. The summed E-state index contributed by atoms with van der Waals surface area (Å²) in [7, 11) is 0.293. The van der Waals surface area contributed by atoms with E-state index in [1.807, 2.05) is 13.8 Å². The van der Waals surface area contributed by atoms with Gasteiger partial charge in [0, 0.05) is 24.4 Å². The highest BCUT2D eigenvalue weighted by atomic mass is 32.2. The molecule has 31 heavy (non-hydrogen) atoms. The summed E-state index contributed by atoms with van der Waals surface area (Å²) < 4.78 is 43.6. The molecule has 9 heteroatoms. The Labute approximate surface area is 182 Å². The molecule has 8 nitrogen and oxygen atoms in total. The fourth-order valence-electron chi connectivity index (χ4n) is 3.38. The molecule has 2 aromatic rings. The van der Waals surface area contributed by atoms with Crippen molar-refractivity contribution in [3.05, 3.63) is 46.9 Å². The van der Waals surface area contributed by atoms with Gasteiger partial charge in [-0.2, -0.15) is 0 Å². The van der Waals surface area contributed by atoms with Crippen LogP contribution in [0.1, 0.15) is 26.3 Å². The number of nitrogens with zero attached hydrogens (tertiary/aromatic N) is 1. The number of methoxy groups -OCH3 is 2.